The van der Waals surface area contributed by atoms with Crippen LogP contribution in [0.15, 0.2) is 54.9 Å². The van der Waals surface area contributed by atoms with Crippen LogP contribution in [0.2, 0.25) is 0 Å². The van der Waals surface area contributed by atoms with Crippen LogP contribution in [0.3, 0.4) is 0 Å². The molecule has 0 aliphatic carbocycles. The van der Waals surface area contributed by atoms with Crippen LogP contribution in [0.1, 0.15) is 17.8 Å². The number of aryl methyl sites for hydroxylation is 2. The minimum Gasteiger partial charge on any atom is -0.333 e. The number of hydrogen-bond acceptors (Lipinski definition) is 2. The molecule has 0 unspecified atom stereocenters. The first-order chi connectivity index (χ1) is 11.3. The van der Waals surface area contributed by atoms with E-state index in [2.05, 4.69) is 39.1 Å². The van der Waals surface area contributed by atoms with Gasteiger partial charge in [0.05, 0.1) is 6.54 Å². The molecule has 1 aromatic heterocycles. The second-order valence-corrected chi connectivity index (χ2v) is 5.66. The first-order valence-corrected chi connectivity index (χ1v) is 8.04. The number of nitrogens with zero attached hydrogens (tertiary/aromatic N) is 3. The van der Waals surface area contributed by atoms with Gasteiger partial charge in [-0.2, -0.15) is 0 Å². The zero-order valence-electron chi connectivity index (χ0n) is 13.2. The summed E-state index contributed by atoms with van der Waals surface area (Å²) in [6, 6.07) is 10.4. The molecule has 5 nitrogen and oxygen atoms in total. The predicted molar refractivity (Wildman–Crippen MR) is 89.9 cm³/mol. The van der Waals surface area contributed by atoms with Crippen molar-refractivity contribution in [1.82, 2.24) is 19.8 Å². The maximum atomic E-state index is 12.0. The number of carbonyl (C=O) groups excluding carboxylic acids is 1. The minimum atomic E-state index is -0.0335. The van der Waals surface area contributed by atoms with Crippen LogP contribution in [0.5, 0.6) is 0 Å². The van der Waals surface area contributed by atoms with Crippen molar-refractivity contribution in [2.24, 2.45) is 0 Å². The summed E-state index contributed by atoms with van der Waals surface area (Å²) in [4.78, 5) is 18.1. The Morgan fingerprint density at radius 1 is 1.17 bits per heavy atom. The van der Waals surface area contributed by atoms with Crippen LogP contribution in [0.4, 0.5) is 4.79 Å². The van der Waals surface area contributed by atoms with Crippen molar-refractivity contribution >= 4 is 6.03 Å². The summed E-state index contributed by atoms with van der Waals surface area (Å²) in [7, 11) is 0. The van der Waals surface area contributed by atoms with E-state index >= 15 is 0 Å². The molecule has 2 amide bonds. The molecule has 0 saturated carbocycles. The molecule has 1 aliphatic rings. The van der Waals surface area contributed by atoms with Gasteiger partial charge in [0.15, 0.2) is 0 Å². The van der Waals surface area contributed by atoms with Crippen molar-refractivity contribution in [2.75, 3.05) is 13.1 Å². The first-order valence-electron chi connectivity index (χ1n) is 8.04. The van der Waals surface area contributed by atoms with Gasteiger partial charge in [-0.3, -0.25) is 0 Å². The van der Waals surface area contributed by atoms with Crippen LogP contribution < -0.4 is 5.32 Å². The SMILES string of the molecule is O=C(NCc1nccn1CCCc1ccccc1)N1CC=CC1. The number of hydrogen-bond donors (Lipinski definition) is 1. The van der Waals surface area contributed by atoms with Crippen LogP contribution in [0.25, 0.3) is 0 Å². The lowest BCUT2D eigenvalue weighted by molar-refractivity contribution is 0.210. The van der Waals surface area contributed by atoms with E-state index < -0.39 is 0 Å². The normalized spacial score (nSPS) is 13.5. The molecule has 3 rings (SSSR count). The smallest absolute Gasteiger partial charge is 0.318 e. The molecule has 120 valence electrons. The number of rotatable bonds is 6. The van der Waals surface area contributed by atoms with Gasteiger partial charge in [-0.25, -0.2) is 9.78 Å². The molecule has 0 atom stereocenters. The molecule has 23 heavy (non-hydrogen) atoms. The van der Waals surface area contributed by atoms with Gasteiger partial charge in [0.2, 0.25) is 0 Å². The zero-order valence-corrected chi connectivity index (χ0v) is 13.2. The van der Waals surface area contributed by atoms with Crippen LogP contribution in [-0.2, 0) is 19.5 Å². The zero-order chi connectivity index (χ0) is 15.9. The highest BCUT2D eigenvalue weighted by Crippen LogP contribution is 2.06. The van der Waals surface area contributed by atoms with Crippen molar-refractivity contribution < 1.29 is 4.79 Å². The highest BCUT2D eigenvalue weighted by Gasteiger charge is 2.14. The van der Waals surface area contributed by atoms with Gasteiger partial charge in [0.1, 0.15) is 5.82 Å². The summed E-state index contributed by atoms with van der Waals surface area (Å²) in [5.41, 5.74) is 1.35. The number of nitrogens with one attached hydrogen (secondary N) is 1. The fourth-order valence-electron chi connectivity index (χ4n) is 2.72. The Morgan fingerprint density at radius 2 is 1.96 bits per heavy atom. The summed E-state index contributed by atoms with van der Waals surface area (Å²) in [5.74, 6) is 0.901. The molecular formula is C18H22N4O. The molecule has 0 spiro atoms. The number of benzene rings is 1. The quantitative estimate of drug-likeness (QED) is 0.834. The fourth-order valence-corrected chi connectivity index (χ4v) is 2.72. The van der Waals surface area contributed by atoms with Crippen molar-refractivity contribution in [3.05, 3.63) is 66.3 Å². The minimum absolute atomic E-state index is 0.0335. The van der Waals surface area contributed by atoms with E-state index in [1.165, 1.54) is 5.56 Å². The second kappa shape index (κ2) is 7.63. The Bertz CT molecular complexity index is 655. The van der Waals surface area contributed by atoms with Gasteiger partial charge in [-0.05, 0) is 18.4 Å². The van der Waals surface area contributed by atoms with E-state index in [9.17, 15) is 4.79 Å². The molecule has 0 radical (unpaired) electrons. The highest BCUT2D eigenvalue weighted by molar-refractivity contribution is 5.74. The van der Waals surface area contributed by atoms with Crippen molar-refractivity contribution in [3.63, 3.8) is 0 Å². The number of amides is 2. The largest absolute Gasteiger partial charge is 0.333 e. The van der Waals surface area contributed by atoms with Gasteiger partial charge in [0.25, 0.3) is 0 Å². The van der Waals surface area contributed by atoms with Crippen LogP contribution >= 0.6 is 0 Å². The Morgan fingerprint density at radius 3 is 2.74 bits per heavy atom. The van der Waals surface area contributed by atoms with E-state index in [-0.39, 0.29) is 6.03 Å². The topological polar surface area (TPSA) is 50.2 Å². The second-order valence-electron chi connectivity index (χ2n) is 5.66. The van der Waals surface area contributed by atoms with Gasteiger partial charge < -0.3 is 14.8 Å². The molecule has 5 heteroatoms. The molecule has 0 bridgehead atoms. The summed E-state index contributed by atoms with van der Waals surface area (Å²) in [6.45, 7) is 2.76. The van der Waals surface area contributed by atoms with Crippen molar-refractivity contribution in [1.29, 1.82) is 0 Å². The Hall–Kier alpha value is -2.56. The molecule has 0 fully saturated rings. The lowest BCUT2D eigenvalue weighted by Gasteiger charge is -2.16. The molecule has 0 saturated heterocycles. The number of carbonyl (C=O) groups is 1. The Labute approximate surface area is 136 Å². The number of aromatic nitrogens is 2. The lowest BCUT2D eigenvalue weighted by Crippen LogP contribution is -2.38. The third-order valence-electron chi connectivity index (χ3n) is 4.01. The molecular weight excluding hydrogens is 288 g/mol. The van der Waals surface area contributed by atoms with E-state index in [4.69, 9.17) is 0 Å². The van der Waals surface area contributed by atoms with Gasteiger partial charge >= 0.3 is 6.03 Å². The van der Waals surface area contributed by atoms with Gasteiger partial charge in [0, 0.05) is 32.0 Å². The maximum absolute atomic E-state index is 12.0. The molecule has 1 aromatic carbocycles. The summed E-state index contributed by atoms with van der Waals surface area (Å²) < 4.78 is 2.12. The monoisotopic (exact) mass is 310 g/mol. The van der Waals surface area contributed by atoms with Crippen molar-refractivity contribution in [2.45, 2.75) is 25.9 Å². The summed E-state index contributed by atoms with van der Waals surface area (Å²) >= 11 is 0. The van der Waals surface area contributed by atoms with Crippen LogP contribution in [0, 0.1) is 0 Å². The van der Waals surface area contributed by atoms with Gasteiger partial charge in [-0.1, -0.05) is 42.5 Å². The standard InChI is InChI=1S/C18H22N4O/c23-18(22-11-4-5-12-22)20-15-17-19-10-14-21(17)13-6-9-16-7-2-1-3-8-16/h1-5,7-8,10,14H,6,9,11-13,15H2,(H,20,23). The number of imidazole rings is 1. The Balaban J connectivity index is 1.46. The Kier molecular flexibility index (Phi) is 5.09. The van der Waals surface area contributed by atoms with Gasteiger partial charge in [-0.15, -0.1) is 0 Å². The van der Waals surface area contributed by atoms with E-state index in [0.29, 0.717) is 19.6 Å². The molecule has 2 aromatic rings. The third-order valence-corrected chi connectivity index (χ3v) is 4.01. The number of urea groups is 1. The molecule has 2 heterocycles. The van der Waals surface area contributed by atoms with E-state index in [0.717, 1.165) is 25.2 Å². The molecule has 1 N–H and O–H groups in total. The molecule has 1 aliphatic heterocycles. The average molecular weight is 310 g/mol. The summed E-state index contributed by atoms with van der Waals surface area (Å²) in [5, 5.41) is 2.94. The van der Waals surface area contributed by atoms with Crippen molar-refractivity contribution in [3.8, 4) is 0 Å². The fraction of sp³-hybridized carbons (Fsp3) is 0.333. The summed E-state index contributed by atoms with van der Waals surface area (Å²) in [6.07, 6.45) is 9.88. The first kappa shape index (κ1) is 15.3. The van der Waals surface area contributed by atoms with E-state index in [1.54, 1.807) is 11.1 Å². The average Bonchev–Trinajstić information content (AvgIpc) is 3.26. The predicted octanol–water partition coefficient (Wildman–Crippen LogP) is 2.60. The van der Waals surface area contributed by atoms with Crippen LogP contribution in [-0.4, -0.2) is 33.6 Å². The highest BCUT2D eigenvalue weighted by atomic mass is 16.2. The third kappa shape index (κ3) is 4.22. The maximum Gasteiger partial charge on any atom is 0.318 e. The van der Waals surface area contributed by atoms with E-state index in [1.807, 2.05) is 24.4 Å². The lowest BCUT2D eigenvalue weighted by atomic mass is 10.1.